The lowest BCUT2D eigenvalue weighted by Crippen LogP contribution is -2.20. The Morgan fingerprint density at radius 1 is 1.73 bits per heavy atom. The average Bonchev–Trinajstić information content (AvgIpc) is 2.03. The molecule has 0 aliphatic rings. The molecule has 0 saturated heterocycles. The van der Waals surface area contributed by atoms with E-state index in [1.54, 1.807) is 0 Å². The highest BCUT2D eigenvalue weighted by Crippen LogP contribution is 1.84. The standard InChI is InChI=1S/C4H7N5O2/c1-7-4(10)3(2-11-6)8-9-5/h5H,1-2,6H2/b8-3+,9-5?. The van der Waals surface area contributed by atoms with E-state index in [1.807, 2.05) is 0 Å². The Bertz CT molecular complexity index is 199. The Morgan fingerprint density at radius 2 is 2.36 bits per heavy atom. The normalized spacial score (nSPS) is 10.8. The molecule has 60 valence electrons. The van der Waals surface area contributed by atoms with E-state index < -0.39 is 5.91 Å². The maximum atomic E-state index is 10.7. The van der Waals surface area contributed by atoms with Crippen LogP contribution < -0.4 is 5.90 Å². The number of aliphatic imine (C=N–C) groups is 1. The van der Waals surface area contributed by atoms with E-state index in [4.69, 9.17) is 5.53 Å². The summed E-state index contributed by atoms with van der Waals surface area (Å²) in [4.78, 5) is 17.8. The van der Waals surface area contributed by atoms with Crippen LogP contribution in [0.3, 0.4) is 0 Å². The maximum absolute atomic E-state index is 10.7. The van der Waals surface area contributed by atoms with Gasteiger partial charge in [0.2, 0.25) is 0 Å². The molecule has 0 heterocycles. The number of rotatable bonds is 4. The summed E-state index contributed by atoms with van der Waals surface area (Å²) in [6, 6.07) is 0. The predicted octanol–water partition coefficient (Wildman–Crippen LogP) is -0.509. The van der Waals surface area contributed by atoms with Gasteiger partial charge in [-0.25, -0.2) is 10.9 Å². The van der Waals surface area contributed by atoms with E-state index in [0.29, 0.717) is 0 Å². The van der Waals surface area contributed by atoms with Crippen molar-refractivity contribution < 1.29 is 9.63 Å². The van der Waals surface area contributed by atoms with E-state index in [1.165, 1.54) is 0 Å². The first-order valence-electron chi connectivity index (χ1n) is 2.52. The molecule has 0 saturated carbocycles. The van der Waals surface area contributed by atoms with Gasteiger partial charge in [-0.15, -0.1) is 5.10 Å². The Labute approximate surface area is 62.4 Å². The number of hydrogen-bond acceptors (Lipinski definition) is 5. The molecule has 11 heavy (non-hydrogen) atoms. The van der Waals surface area contributed by atoms with Crippen molar-refractivity contribution in [2.75, 3.05) is 6.61 Å². The third kappa shape index (κ3) is 3.28. The summed E-state index contributed by atoms with van der Waals surface area (Å²) in [5, 5.41) is 5.72. The number of nitrogens with zero attached hydrogens (tertiary/aromatic N) is 3. The quantitative estimate of drug-likeness (QED) is 0.325. The molecule has 1 amide bonds. The highest BCUT2D eigenvalue weighted by atomic mass is 16.6. The fraction of sp³-hybridized carbons (Fsp3) is 0.250. The summed E-state index contributed by atoms with van der Waals surface area (Å²) >= 11 is 0. The lowest BCUT2D eigenvalue weighted by molar-refractivity contribution is -0.112. The highest BCUT2D eigenvalue weighted by molar-refractivity contribution is 6.40. The van der Waals surface area contributed by atoms with Crippen molar-refractivity contribution in [1.82, 2.24) is 0 Å². The van der Waals surface area contributed by atoms with E-state index >= 15 is 0 Å². The van der Waals surface area contributed by atoms with Crippen LogP contribution in [0.15, 0.2) is 15.3 Å². The van der Waals surface area contributed by atoms with Gasteiger partial charge in [0, 0.05) is 0 Å². The minimum atomic E-state index is -0.702. The van der Waals surface area contributed by atoms with Crippen molar-refractivity contribution in [3.8, 4) is 0 Å². The van der Waals surface area contributed by atoms with Crippen molar-refractivity contribution >= 4 is 18.3 Å². The second-order valence-electron chi connectivity index (χ2n) is 1.42. The third-order valence-corrected chi connectivity index (χ3v) is 0.781. The number of nitrogens with one attached hydrogen (secondary N) is 1. The van der Waals surface area contributed by atoms with E-state index in [0.717, 1.165) is 0 Å². The van der Waals surface area contributed by atoms with Crippen molar-refractivity contribution in [2.45, 2.75) is 0 Å². The molecule has 3 N–H and O–H groups in total. The number of nitrogens with two attached hydrogens (primary N) is 1. The zero-order valence-electron chi connectivity index (χ0n) is 5.65. The molecular formula is C4H7N5O2. The summed E-state index contributed by atoms with van der Waals surface area (Å²) in [5.41, 5.74) is 6.15. The van der Waals surface area contributed by atoms with E-state index in [2.05, 4.69) is 32.8 Å². The van der Waals surface area contributed by atoms with Crippen LogP contribution in [0, 0.1) is 5.53 Å². The van der Waals surface area contributed by atoms with E-state index in [-0.39, 0.29) is 12.3 Å². The molecule has 0 spiro atoms. The Kier molecular flexibility index (Phi) is 4.61. The van der Waals surface area contributed by atoms with Crippen molar-refractivity contribution in [2.24, 2.45) is 21.2 Å². The minimum absolute atomic E-state index is 0.155. The van der Waals surface area contributed by atoms with Crippen LogP contribution in [0.25, 0.3) is 0 Å². The topological polar surface area (TPSA) is 113 Å². The van der Waals surface area contributed by atoms with Gasteiger partial charge in [-0.2, -0.15) is 5.53 Å². The van der Waals surface area contributed by atoms with E-state index in [9.17, 15) is 4.79 Å². The third-order valence-electron chi connectivity index (χ3n) is 0.781. The predicted molar refractivity (Wildman–Crippen MR) is 37.3 cm³/mol. The second kappa shape index (κ2) is 5.33. The molecule has 0 aliphatic heterocycles. The molecule has 0 aromatic heterocycles. The fourth-order valence-corrected chi connectivity index (χ4v) is 0.364. The van der Waals surface area contributed by atoms with Crippen LogP contribution in [-0.4, -0.2) is 24.9 Å². The smallest absolute Gasteiger partial charge is 0.295 e. The van der Waals surface area contributed by atoms with Gasteiger partial charge < -0.3 is 0 Å². The van der Waals surface area contributed by atoms with Gasteiger partial charge in [0.25, 0.3) is 5.91 Å². The van der Waals surface area contributed by atoms with Gasteiger partial charge >= 0.3 is 0 Å². The van der Waals surface area contributed by atoms with Gasteiger partial charge in [-0.05, 0) is 6.72 Å². The van der Waals surface area contributed by atoms with Crippen LogP contribution in [0.5, 0.6) is 0 Å². The van der Waals surface area contributed by atoms with Crippen LogP contribution in [-0.2, 0) is 9.63 Å². The Hall–Kier alpha value is -1.47. The number of hydrogen-bond donors (Lipinski definition) is 2. The van der Waals surface area contributed by atoms with Crippen molar-refractivity contribution in [3.05, 3.63) is 0 Å². The summed E-state index contributed by atoms with van der Waals surface area (Å²) < 4.78 is 0. The first-order valence-corrected chi connectivity index (χ1v) is 2.52. The summed E-state index contributed by atoms with van der Waals surface area (Å²) in [7, 11) is 0. The molecule has 0 atom stereocenters. The van der Waals surface area contributed by atoms with Crippen LogP contribution >= 0.6 is 0 Å². The van der Waals surface area contributed by atoms with Crippen LogP contribution in [0.1, 0.15) is 0 Å². The summed E-state index contributed by atoms with van der Waals surface area (Å²) in [6.07, 6.45) is 0. The van der Waals surface area contributed by atoms with Gasteiger partial charge in [-0.3, -0.25) is 9.63 Å². The largest absolute Gasteiger partial charge is 0.298 e. The van der Waals surface area contributed by atoms with Crippen LogP contribution in [0.2, 0.25) is 0 Å². The second-order valence-corrected chi connectivity index (χ2v) is 1.42. The van der Waals surface area contributed by atoms with Crippen LogP contribution in [0.4, 0.5) is 0 Å². The molecule has 0 rings (SSSR count). The van der Waals surface area contributed by atoms with Gasteiger partial charge in [0.05, 0.1) is 0 Å². The lowest BCUT2D eigenvalue weighted by Gasteiger charge is -1.94. The SMILES string of the molecule is C=NC(=O)/C(CON)=N/N=N. The van der Waals surface area contributed by atoms with Gasteiger partial charge in [0.15, 0.2) is 5.71 Å². The molecular weight excluding hydrogens is 150 g/mol. The molecule has 0 radical (unpaired) electrons. The summed E-state index contributed by atoms with van der Waals surface area (Å²) in [6.45, 7) is 2.73. The zero-order valence-corrected chi connectivity index (χ0v) is 5.65. The molecule has 0 bridgehead atoms. The number of amides is 1. The van der Waals surface area contributed by atoms with Gasteiger partial charge in [-0.1, -0.05) is 5.22 Å². The Morgan fingerprint density at radius 3 is 2.73 bits per heavy atom. The highest BCUT2D eigenvalue weighted by Gasteiger charge is 2.08. The van der Waals surface area contributed by atoms with Crippen molar-refractivity contribution in [3.63, 3.8) is 0 Å². The number of carbonyl (C=O) groups excluding carboxylic acids is 1. The lowest BCUT2D eigenvalue weighted by atomic mass is 10.4. The number of carbonyl (C=O) groups is 1. The molecule has 0 aromatic rings. The monoisotopic (exact) mass is 157 g/mol. The first kappa shape index (κ1) is 9.53. The maximum Gasteiger partial charge on any atom is 0.295 e. The molecule has 0 unspecified atom stereocenters. The summed E-state index contributed by atoms with van der Waals surface area (Å²) in [5.74, 6) is 3.95. The first-order chi connectivity index (χ1) is 5.26. The molecule has 7 nitrogen and oxygen atoms in total. The minimum Gasteiger partial charge on any atom is -0.298 e. The molecule has 0 aromatic carbocycles. The molecule has 0 aliphatic carbocycles. The van der Waals surface area contributed by atoms with Crippen molar-refractivity contribution in [1.29, 1.82) is 5.53 Å². The molecule has 0 fully saturated rings. The average molecular weight is 157 g/mol. The fourth-order valence-electron chi connectivity index (χ4n) is 0.364. The Balaban J connectivity index is 4.32. The van der Waals surface area contributed by atoms with Gasteiger partial charge in [0.1, 0.15) is 6.61 Å². The zero-order chi connectivity index (χ0) is 8.69. The molecule has 7 heteroatoms.